The second-order valence-corrected chi connectivity index (χ2v) is 4.77. The van der Waals surface area contributed by atoms with Crippen molar-refractivity contribution in [1.29, 1.82) is 0 Å². The SMILES string of the molecule is O=C(O)C(NC(O)OCC1=CCCC=C1)c1ccccc1. The van der Waals surface area contributed by atoms with E-state index in [1.807, 2.05) is 18.2 Å². The molecule has 0 saturated carbocycles. The second-order valence-electron chi connectivity index (χ2n) is 4.77. The molecule has 2 unspecified atom stereocenters. The first-order chi connectivity index (χ1) is 10.2. The van der Waals surface area contributed by atoms with Crippen molar-refractivity contribution < 1.29 is 19.7 Å². The van der Waals surface area contributed by atoms with Gasteiger partial charge in [0.1, 0.15) is 6.04 Å². The molecule has 1 aromatic carbocycles. The first-order valence-corrected chi connectivity index (χ1v) is 6.86. The van der Waals surface area contributed by atoms with Crippen LogP contribution in [-0.4, -0.2) is 29.2 Å². The van der Waals surface area contributed by atoms with Gasteiger partial charge >= 0.3 is 5.97 Å². The predicted octanol–water partition coefficient (Wildman–Crippen LogP) is 1.97. The number of benzene rings is 1. The summed E-state index contributed by atoms with van der Waals surface area (Å²) in [6, 6.07) is 7.65. The molecule has 5 nitrogen and oxygen atoms in total. The van der Waals surface area contributed by atoms with Crippen molar-refractivity contribution in [2.45, 2.75) is 25.3 Å². The van der Waals surface area contributed by atoms with E-state index in [2.05, 4.69) is 5.32 Å². The van der Waals surface area contributed by atoms with E-state index in [1.165, 1.54) is 0 Å². The van der Waals surface area contributed by atoms with Gasteiger partial charge < -0.3 is 14.9 Å². The number of carboxylic acid groups (broad SMARTS) is 1. The maximum atomic E-state index is 11.3. The number of allylic oxidation sites excluding steroid dienone is 2. The van der Waals surface area contributed by atoms with Gasteiger partial charge in [0.05, 0.1) is 6.61 Å². The number of aliphatic hydroxyl groups excluding tert-OH is 1. The van der Waals surface area contributed by atoms with E-state index in [4.69, 9.17) is 4.74 Å². The number of carboxylic acids is 1. The molecule has 1 aliphatic carbocycles. The zero-order valence-corrected chi connectivity index (χ0v) is 11.6. The van der Waals surface area contributed by atoms with Gasteiger partial charge in [-0.05, 0) is 24.0 Å². The molecule has 0 fully saturated rings. The first-order valence-electron chi connectivity index (χ1n) is 6.86. The summed E-state index contributed by atoms with van der Waals surface area (Å²) in [5, 5.41) is 21.6. The van der Waals surface area contributed by atoms with Crippen LogP contribution in [0, 0.1) is 0 Å². The Morgan fingerprint density at radius 2 is 2.05 bits per heavy atom. The highest BCUT2D eigenvalue weighted by Gasteiger charge is 2.22. The second kappa shape index (κ2) is 7.73. The third-order valence-electron chi connectivity index (χ3n) is 3.17. The van der Waals surface area contributed by atoms with E-state index in [1.54, 1.807) is 30.3 Å². The zero-order valence-electron chi connectivity index (χ0n) is 11.6. The lowest BCUT2D eigenvalue weighted by Crippen LogP contribution is -2.39. The van der Waals surface area contributed by atoms with Gasteiger partial charge in [-0.25, -0.2) is 0 Å². The van der Waals surface area contributed by atoms with Crippen LogP contribution in [0.5, 0.6) is 0 Å². The minimum atomic E-state index is -1.34. The number of carbonyl (C=O) groups is 1. The maximum absolute atomic E-state index is 11.3. The Bertz CT molecular complexity index is 524. The number of hydrogen-bond donors (Lipinski definition) is 3. The molecule has 21 heavy (non-hydrogen) atoms. The summed E-state index contributed by atoms with van der Waals surface area (Å²) in [5.41, 5.74) is 1.54. The largest absolute Gasteiger partial charge is 0.480 e. The fraction of sp³-hybridized carbons (Fsp3) is 0.312. The summed E-state index contributed by atoms with van der Waals surface area (Å²) in [6.45, 7) is 0.242. The monoisotopic (exact) mass is 289 g/mol. The third kappa shape index (κ3) is 4.82. The van der Waals surface area contributed by atoms with E-state index >= 15 is 0 Å². The van der Waals surface area contributed by atoms with Crippen LogP contribution >= 0.6 is 0 Å². The summed E-state index contributed by atoms with van der Waals surface area (Å²) >= 11 is 0. The summed E-state index contributed by atoms with van der Waals surface area (Å²) in [6.07, 6.45) is 6.66. The number of rotatable bonds is 7. The average molecular weight is 289 g/mol. The highest BCUT2D eigenvalue weighted by atomic mass is 16.6. The Balaban J connectivity index is 1.90. The first kappa shape index (κ1) is 15.4. The summed E-state index contributed by atoms with van der Waals surface area (Å²) in [4.78, 5) is 11.3. The molecule has 112 valence electrons. The molecule has 2 rings (SSSR count). The normalized spacial score (nSPS) is 17.1. The average Bonchev–Trinajstić information content (AvgIpc) is 2.52. The molecule has 0 heterocycles. The van der Waals surface area contributed by atoms with Crippen LogP contribution in [-0.2, 0) is 9.53 Å². The lowest BCUT2D eigenvalue weighted by molar-refractivity contribution is -0.150. The molecule has 0 spiro atoms. The minimum absolute atomic E-state index is 0.242. The van der Waals surface area contributed by atoms with Crippen molar-refractivity contribution in [2.24, 2.45) is 0 Å². The van der Waals surface area contributed by atoms with E-state index in [0.29, 0.717) is 5.56 Å². The van der Waals surface area contributed by atoms with Crippen LogP contribution in [0.4, 0.5) is 0 Å². The lowest BCUT2D eigenvalue weighted by atomic mass is 10.1. The van der Waals surface area contributed by atoms with Crippen LogP contribution in [0.1, 0.15) is 24.4 Å². The molecule has 1 aromatic rings. The van der Waals surface area contributed by atoms with E-state index in [9.17, 15) is 15.0 Å². The molecule has 0 saturated heterocycles. The maximum Gasteiger partial charge on any atom is 0.325 e. The molecule has 5 heteroatoms. The molecular weight excluding hydrogens is 270 g/mol. The smallest absolute Gasteiger partial charge is 0.325 e. The summed E-state index contributed by atoms with van der Waals surface area (Å²) in [7, 11) is 0. The Morgan fingerprint density at radius 1 is 1.29 bits per heavy atom. The van der Waals surface area contributed by atoms with Crippen molar-refractivity contribution in [3.63, 3.8) is 0 Å². The van der Waals surface area contributed by atoms with Gasteiger partial charge in [-0.15, -0.1) is 0 Å². The van der Waals surface area contributed by atoms with E-state index in [0.717, 1.165) is 18.4 Å². The highest BCUT2D eigenvalue weighted by molar-refractivity contribution is 5.75. The van der Waals surface area contributed by atoms with Crippen molar-refractivity contribution in [1.82, 2.24) is 5.32 Å². The van der Waals surface area contributed by atoms with Crippen LogP contribution in [0.15, 0.2) is 54.1 Å². The Labute approximate surface area is 123 Å². The third-order valence-corrected chi connectivity index (χ3v) is 3.17. The lowest BCUT2D eigenvalue weighted by Gasteiger charge is -2.20. The van der Waals surface area contributed by atoms with Gasteiger partial charge in [-0.1, -0.05) is 48.6 Å². The van der Waals surface area contributed by atoms with Crippen LogP contribution in [0.25, 0.3) is 0 Å². The van der Waals surface area contributed by atoms with Gasteiger partial charge in [0.25, 0.3) is 0 Å². The number of ether oxygens (including phenoxy) is 1. The molecule has 0 bridgehead atoms. The molecule has 0 amide bonds. The minimum Gasteiger partial charge on any atom is -0.480 e. The van der Waals surface area contributed by atoms with Crippen molar-refractivity contribution in [2.75, 3.05) is 6.61 Å². The Kier molecular flexibility index (Phi) is 5.68. The molecule has 0 aromatic heterocycles. The van der Waals surface area contributed by atoms with Crippen LogP contribution < -0.4 is 5.32 Å². The van der Waals surface area contributed by atoms with Gasteiger partial charge in [0.2, 0.25) is 6.41 Å². The van der Waals surface area contributed by atoms with Crippen molar-refractivity contribution >= 4 is 5.97 Å². The summed E-state index contributed by atoms with van der Waals surface area (Å²) in [5.74, 6) is -1.07. The number of aliphatic carboxylic acids is 1. The molecule has 0 aliphatic heterocycles. The van der Waals surface area contributed by atoms with Gasteiger partial charge in [-0.3, -0.25) is 10.1 Å². The molecule has 2 atom stereocenters. The van der Waals surface area contributed by atoms with Gasteiger partial charge in [0.15, 0.2) is 0 Å². The molecule has 1 aliphatic rings. The van der Waals surface area contributed by atoms with Crippen molar-refractivity contribution in [3.8, 4) is 0 Å². The fourth-order valence-corrected chi connectivity index (χ4v) is 2.10. The van der Waals surface area contributed by atoms with Gasteiger partial charge in [0, 0.05) is 0 Å². The molecule has 0 radical (unpaired) electrons. The molecular formula is C16H19NO4. The molecule has 3 N–H and O–H groups in total. The summed E-state index contributed by atoms with van der Waals surface area (Å²) < 4.78 is 5.25. The Morgan fingerprint density at radius 3 is 2.67 bits per heavy atom. The number of aliphatic hydroxyl groups is 1. The quantitative estimate of drug-likeness (QED) is 0.669. The standard InChI is InChI=1S/C16H19NO4/c18-15(19)14(13-9-5-2-6-10-13)17-16(20)21-11-12-7-3-1-4-8-12/h2-3,5-10,14,16-17,20H,1,4,11H2,(H,18,19). The highest BCUT2D eigenvalue weighted by Crippen LogP contribution is 2.14. The topological polar surface area (TPSA) is 78.8 Å². The Hall–Kier alpha value is -1.95. The van der Waals surface area contributed by atoms with Gasteiger partial charge in [-0.2, -0.15) is 0 Å². The van der Waals surface area contributed by atoms with Crippen LogP contribution in [0.2, 0.25) is 0 Å². The fourth-order valence-electron chi connectivity index (χ4n) is 2.10. The number of hydrogen-bond acceptors (Lipinski definition) is 4. The van der Waals surface area contributed by atoms with Crippen molar-refractivity contribution in [3.05, 3.63) is 59.7 Å². The number of nitrogens with one attached hydrogen (secondary N) is 1. The predicted molar refractivity (Wildman–Crippen MR) is 78.4 cm³/mol. The van der Waals surface area contributed by atoms with Crippen LogP contribution in [0.3, 0.4) is 0 Å². The zero-order chi connectivity index (χ0) is 15.1. The van der Waals surface area contributed by atoms with E-state index < -0.39 is 18.4 Å². The van der Waals surface area contributed by atoms with E-state index in [-0.39, 0.29) is 6.61 Å².